The van der Waals surface area contributed by atoms with Crippen molar-refractivity contribution < 1.29 is 22.7 Å². The molecule has 3 aromatic carbocycles. The van der Waals surface area contributed by atoms with Crippen molar-refractivity contribution in [1.82, 2.24) is 5.32 Å². The number of benzene rings is 3. The summed E-state index contributed by atoms with van der Waals surface area (Å²) in [5.41, 5.74) is 1.31. The Labute approximate surface area is 188 Å². The van der Waals surface area contributed by atoms with E-state index in [1.807, 2.05) is 37.3 Å². The number of rotatable bonds is 9. The van der Waals surface area contributed by atoms with Gasteiger partial charge in [0.1, 0.15) is 6.54 Å². The highest BCUT2D eigenvalue weighted by Crippen LogP contribution is 2.32. The van der Waals surface area contributed by atoms with Crippen LogP contribution in [0.4, 0.5) is 5.69 Å². The number of hydrogen-bond donors (Lipinski definition) is 1. The van der Waals surface area contributed by atoms with Gasteiger partial charge in [-0.3, -0.25) is 9.10 Å². The van der Waals surface area contributed by atoms with Gasteiger partial charge in [-0.15, -0.1) is 0 Å². The van der Waals surface area contributed by atoms with Crippen molar-refractivity contribution in [2.24, 2.45) is 0 Å². The van der Waals surface area contributed by atoms with Gasteiger partial charge < -0.3 is 14.8 Å². The lowest BCUT2D eigenvalue weighted by Gasteiger charge is -2.25. The average Bonchev–Trinajstić information content (AvgIpc) is 2.83. The zero-order chi connectivity index (χ0) is 23.1. The predicted molar refractivity (Wildman–Crippen MR) is 124 cm³/mol. The van der Waals surface area contributed by atoms with Crippen LogP contribution >= 0.6 is 0 Å². The van der Waals surface area contributed by atoms with Gasteiger partial charge in [0.25, 0.3) is 10.0 Å². The first-order valence-electron chi connectivity index (χ1n) is 10.0. The van der Waals surface area contributed by atoms with Gasteiger partial charge in [0, 0.05) is 6.07 Å². The van der Waals surface area contributed by atoms with Crippen molar-refractivity contribution in [3.05, 3.63) is 84.4 Å². The number of ether oxygens (including phenoxy) is 2. The van der Waals surface area contributed by atoms with Crippen LogP contribution in [0.5, 0.6) is 11.5 Å². The largest absolute Gasteiger partial charge is 0.493 e. The number of carbonyl (C=O) groups is 1. The molecule has 0 fully saturated rings. The Morgan fingerprint density at radius 2 is 1.50 bits per heavy atom. The number of hydrogen-bond acceptors (Lipinski definition) is 5. The van der Waals surface area contributed by atoms with Gasteiger partial charge >= 0.3 is 0 Å². The Morgan fingerprint density at radius 3 is 2.09 bits per heavy atom. The molecule has 32 heavy (non-hydrogen) atoms. The quantitative estimate of drug-likeness (QED) is 0.532. The average molecular weight is 455 g/mol. The van der Waals surface area contributed by atoms with Gasteiger partial charge in [0.15, 0.2) is 11.5 Å². The van der Waals surface area contributed by atoms with Gasteiger partial charge in [-0.05, 0) is 36.8 Å². The summed E-state index contributed by atoms with van der Waals surface area (Å²) in [6, 6.07) is 22.0. The first-order chi connectivity index (χ1) is 15.4. The van der Waals surface area contributed by atoms with Crippen LogP contribution in [0.1, 0.15) is 18.5 Å². The van der Waals surface area contributed by atoms with Gasteiger partial charge in [-0.1, -0.05) is 48.5 Å². The fraction of sp³-hybridized carbons (Fsp3) is 0.208. The number of methoxy groups -OCH3 is 2. The first kappa shape index (κ1) is 23.1. The van der Waals surface area contributed by atoms with E-state index in [4.69, 9.17) is 9.47 Å². The van der Waals surface area contributed by atoms with Crippen molar-refractivity contribution in [2.75, 3.05) is 25.1 Å². The molecule has 0 heterocycles. The van der Waals surface area contributed by atoms with E-state index in [1.165, 1.54) is 32.4 Å². The normalized spacial score (nSPS) is 12.0. The lowest BCUT2D eigenvalue weighted by molar-refractivity contribution is -0.120. The van der Waals surface area contributed by atoms with Crippen LogP contribution in [0.2, 0.25) is 0 Å². The first-order valence-corrected chi connectivity index (χ1v) is 11.4. The second kappa shape index (κ2) is 10.2. The van der Waals surface area contributed by atoms with Crippen molar-refractivity contribution in [3.8, 4) is 11.5 Å². The maximum atomic E-state index is 13.5. The fourth-order valence-electron chi connectivity index (χ4n) is 3.26. The highest BCUT2D eigenvalue weighted by atomic mass is 32.2. The molecule has 0 aliphatic carbocycles. The summed E-state index contributed by atoms with van der Waals surface area (Å²) in [7, 11) is -1.17. The third-order valence-corrected chi connectivity index (χ3v) is 6.72. The Kier molecular flexibility index (Phi) is 7.37. The number of anilines is 1. The van der Waals surface area contributed by atoms with E-state index in [0.29, 0.717) is 11.4 Å². The Hall–Kier alpha value is -3.52. The number of sulfonamides is 1. The van der Waals surface area contributed by atoms with Gasteiger partial charge in [-0.25, -0.2) is 8.42 Å². The molecule has 168 valence electrons. The molecule has 0 saturated heterocycles. The van der Waals surface area contributed by atoms with Crippen LogP contribution < -0.4 is 19.1 Å². The van der Waals surface area contributed by atoms with Gasteiger partial charge in [0.05, 0.1) is 30.8 Å². The molecule has 3 aromatic rings. The van der Waals surface area contributed by atoms with E-state index >= 15 is 0 Å². The molecule has 0 aliphatic rings. The Bertz CT molecular complexity index is 1150. The standard InChI is InChI=1S/C24H26N2O5S/c1-18(19-10-6-4-7-11-19)25-24(27)17-26(20-12-8-5-9-13-20)32(28,29)21-14-15-22(30-2)23(16-21)31-3/h4-16,18H,17H2,1-3H3,(H,25,27)/t18-/m1/s1. The molecule has 1 atom stereocenters. The lowest BCUT2D eigenvalue weighted by atomic mass is 10.1. The van der Waals surface area contributed by atoms with E-state index in [2.05, 4.69) is 5.32 Å². The molecule has 3 rings (SSSR count). The van der Waals surface area contributed by atoms with E-state index < -0.39 is 15.9 Å². The van der Waals surface area contributed by atoms with Crippen LogP contribution in [0.25, 0.3) is 0 Å². The second-order valence-electron chi connectivity index (χ2n) is 7.06. The zero-order valence-corrected chi connectivity index (χ0v) is 19.0. The van der Waals surface area contributed by atoms with Crippen LogP contribution in [0.3, 0.4) is 0 Å². The molecule has 0 spiro atoms. The lowest BCUT2D eigenvalue weighted by Crippen LogP contribution is -2.41. The highest BCUT2D eigenvalue weighted by Gasteiger charge is 2.28. The molecule has 1 amide bonds. The fourth-order valence-corrected chi connectivity index (χ4v) is 4.69. The third kappa shape index (κ3) is 5.20. The molecule has 8 heteroatoms. The van der Waals surface area contributed by atoms with E-state index in [0.717, 1.165) is 9.87 Å². The van der Waals surface area contributed by atoms with Crippen LogP contribution in [0.15, 0.2) is 83.8 Å². The van der Waals surface area contributed by atoms with Crippen molar-refractivity contribution in [2.45, 2.75) is 17.9 Å². The molecule has 1 N–H and O–H groups in total. The molecule has 0 unspecified atom stereocenters. The summed E-state index contributed by atoms with van der Waals surface area (Å²) in [5.74, 6) is 0.269. The minimum atomic E-state index is -4.07. The number of para-hydroxylation sites is 1. The SMILES string of the molecule is COc1ccc(S(=O)(=O)N(CC(=O)N[C@H](C)c2ccccc2)c2ccccc2)cc1OC. The summed E-state index contributed by atoms with van der Waals surface area (Å²) in [6.45, 7) is 1.47. The summed E-state index contributed by atoms with van der Waals surface area (Å²) in [5, 5.41) is 2.87. The van der Waals surface area contributed by atoms with Crippen molar-refractivity contribution in [3.63, 3.8) is 0 Å². The molecule has 0 aliphatic heterocycles. The number of carbonyl (C=O) groups excluding carboxylic acids is 1. The monoisotopic (exact) mass is 454 g/mol. The minimum Gasteiger partial charge on any atom is -0.493 e. The minimum absolute atomic E-state index is 0.0112. The van der Waals surface area contributed by atoms with E-state index in [1.54, 1.807) is 30.3 Å². The molecule has 7 nitrogen and oxygen atoms in total. The molecular weight excluding hydrogens is 428 g/mol. The molecule has 0 bridgehead atoms. The Balaban J connectivity index is 1.92. The predicted octanol–water partition coefficient (Wildman–Crippen LogP) is 3.78. The number of nitrogens with one attached hydrogen (secondary N) is 1. The number of amides is 1. The van der Waals surface area contributed by atoms with E-state index in [9.17, 15) is 13.2 Å². The number of nitrogens with zero attached hydrogens (tertiary/aromatic N) is 1. The second-order valence-corrected chi connectivity index (χ2v) is 8.93. The van der Waals surface area contributed by atoms with Crippen molar-refractivity contribution >= 4 is 21.6 Å². The smallest absolute Gasteiger partial charge is 0.264 e. The third-order valence-electron chi connectivity index (χ3n) is 4.95. The summed E-state index contributed by atoms with van der Waals surface area (Å²) >= 11 is 0. The highest BCUT2D eigenvalue weighted by molar-refractivity contribution is 7.92. The summed E-state index contributed by atoms with van der Waals surface area (Å²) < 4.78 is 38.6. The van der Waals surface area contributed by atoms with Crippen LogP contribution in [-0.2, 0) is 14.8 Å². The molecule has 0 aromatic heterocycles. The van der Waals surface area contributed by atoms with Crippen LogP contribution in [0, 0.1) is 0 Å². The maximum Gasteiger partial charge on any atom is 0.264 e. The molecular formula is C24H26N2O5S. The Morgan fingerprint density at radius 1 is 0.906 bits per heavy atom. The summed E-state index contributed by atoms with van der Waals surface area (Å²) in [4.78, 5) is 12.8. The molecule has 0 saturated carbocycles. The zero-order valence-electron chi connectivity index (χ0n) is 18.2. The van der Waals surface area contributed by atoms with E-state index in [-0.39, 0.29) is 23.2 Å². The van der Waals surface area contributed by atoms with Crippen LogP contribution in [-0.4, -0.2) is 35.1 Å². The molecule has 0 radical (unpaired) electrons. The topological polar surface area (TPSA) is 84.9 Å². The van der Waals surface area contributed by atoms with Crippen molar-refractivity contribution in [1.29, 1.82) is 0 Å². The maximum absolute atomic E-state index is 13.5. The van der Waals surface area contributed by atoms with Gasteiger partial charge in [0.2, 0.25) is 5.91 Å². The van der Waals surface area contributed by atoms with Gasteiger partial charge in [-0.2, -0.15) is 0 Å². The summed E-state index contributed by atoms with van der Waals surface area (Å²) in [6.07, 6.45) is 0.